The quantitative estimate of drug-likeness (QED) is 0.494. The number of carbonyl (C=O) groups excluding carboxylic acids is 1. The molecule has 0 saturated carbocycles. The van der Waals surface area contributed by atoms with Crippen LogP contribution in [0.4, 0.5) is 0 Å². The number of aryl methyl sites for hydroxylation is 1. The number of rotatable bonds is 5. The van der Waals surface area contributed by atoms with Crippen molar-refractivity contribution in [2.75, 3.05) is 19.6 Å². The fourth-order valence-electron chi connectivity index (χ4n) is 4.83. The summed E-state index contributed by atoms with van der Waals surface area (Å²) in [5.41, 5.74) is 1.58. The second-order valence-electron chi connectivity index (χ2n) is 9.03. The van der Waals surface area contributed by atoms with Crippen LogP contribution in [0.2, 0.25) is 6.32 Å². The van der Waals surface area contributed by atoms with Crippen molar-refractivity contribution in [1.29, 1.82) is 0 Å². The molecule has 10 heteroatoms. The SMILES string of the molecule is O=C(O)c1c(OC2CN(C(=O)[C@@H]3C[C@H](c4ccccc4)CN3)C2)ccc2c1O[B-](O)(O)CC2. The number of carboxylic acid groups (broad SMARTS) is 1. The number of benzene rings is 2. The highest BCUT2D eigenvalue weighted by Gasteiger charge is 2.40. The van der Waals surface area contributed by atoms with E-state index in [0.717, 1.165) is 13.0 Å². The highest BCUT2D eigenvalue weighted by Crippen LogP contribution is 2.39. The van der Waals surface area contributed by atoms with Crippen LogP contribution in [0.1, 0.15) is 33.8 Å². The molecule has 3 aliphatic rings. The average Bonchev–Trinajstić information content (AvgIpc) is 3.25. The predicted molar refractivity (Wildman–Crippen MR) is 119 cm³/mol. The van der Waals surface area contributed by atoms with Gasteiger partial charge in [0.25, 0.3) is 0 Å². The second kappa shape index (κ2) is 8.37. The van der Waals surface area contributed by atoms with Gasteiger partial charge in [-0.3, -0.25) is 4.79 Å². The average molecular weight is 453 g/mol. The zero-order valence-corrected chi connectivity index (χ0v) is 18.0. The Morgan fingerprint density at radius 1 is 1.12 bits per heavy atom. The molecular formula is C23H26BN2O7-. The van der Waals surface area contributed by atoms with Crippen LogP contribution in [0.5, 0.6) is 11.5 Å². The van der Waals surface area contributed by atoms with Crippen molar-refractivity contribution in [3.63, 3.8) is 0 Å². The maximum absolute atomic E-state index is 12.9. The number of nitrogens with zero attached hydrogens (tertiary/aromatic N) is 1. The minimum Gasteiger partial charge on any atom is -0.669 e. The second-order valence-corrected chi connectivity index (χ2v) is 9.03. The molecule has 5 rings (SSSR count). The van der Waals surface area contributed by atoms with E-state index < -0.39 is 12.7 Å². The highest BCUT2D eigenvalue weighted by atomic mass is 16.6. The largest absolute Gasteiger partial charge is 0.669 e. The van der Waals surface area contributed by atoms with E-state index in [1.807, 2.05) is 18.2 Å². The molecule has 0 radical (unpaired) electrons. The number of carbonyl (C=O) groups is 2. The van der Waals surface area contributed by atoms with E-state index in [4.69, 9.17) is 9.39 Å². The van der Waals surface area contributed by atoms with Gasteiger partial charge in [0, 0.05) is 6.54 Å². The molecule has 2 aromatic rings. The zero-order chi connectivity index (χ0) is 23.2. The molecule has 33 heavy (non-hydrogen) atoms. The molecule has 0 bridgehead atoms. The van der Waals surface area contributed by atoms with Gasteiger partial charge in [-0.15, -0.1) is 0 Å². The Morgan fingerprint density at radius 3 is 2.61 bits per heavy atom. The Balaban J connectivity index is 1.21. The normalized spacial score (nSPS) is 23.9. The molecule has 0 unspecified atom stereocenters. The van der Waals surface area contributed by atoms with Crippen molar-refractivity contribution in [2.45, 2.75) is 37.2 Å². The molecule has 9 nitrogen and oxygen atoms in total. The van der Waals surface area contributed by atoms with Gasteiger partial charge in [-0.1, -0.05) is 42.7 Å². The van der Waals surface area contributed by atoms with Crippen molar-refractivity contribution in [3.8, 4) is 11.5 Å². The monoisotopic (exact) mass is 453 g/mol. The summed E-state index contributed by atoms with van der Waals surface area (Å²) in [6.45, 7) is -1.62. The Hall–Kier alpha value is -3.08. The number of fused-ring (bicyclic) bond motifs is 1. The molecule has 2 atom stereocenters. The van der Waals surface area contributed by atoms with E-state index in [1.165, 1.54) is 5.56 Å². The number of carboxylic acids is 1. The Labute approximate surface area is 190 Å². The van der Waals surface area contributed by atoms with Gasteiger partial charge >= 0.3 is 12.7 Å². The summed E-state index contributed by atoms with van der Waals surface area (Å²) < 4.78 is 11.1. The van der Waals surface area contributed by atoms with Crippen LogP contribution in [0.25, 0.3) is 0 Å². The molecule has 0 aromatic heterocycles. The van der Waals surface area contributed by atoms with E-state index in [9.17, 15) is 24.7 Å². The molecule has 2 aromatic carbocycles. The summed E-state index contributed by atoms with van der Waals surface area (Å²) in [7, 11) is 0. The van der Waals surface area contributed by atoms with Crippen molar-refractivity contribution in [2.24, 2.45) is 0 Å². The maximum atomic E-state index is 12.9. The first-order valence-electron chi connectivity index (χ1n) is 11.2. The lowest BCUT2D eigenvalue weighted by molar-refractivity contribution is -0.142. The zero-order valence-electron chi connectivity index (χ0n) is 18.0. The minimum absolute atomic E-state index is 0.00624. The number of hydrogen-bond acceptors (Lipinski definition) is 7. The molecule has 174 valence electrons. The molecule has 2 saturated heterocycles. The summed E-state index contributed by atoms with van der Waals surface area (Å²) in [6, 6.07) is 13.1. The first-order valence-corrected chi connectivity index (χ1v) is 11.2. The first kappa shape index (κ1) is 21.8. The number of ether oxygens (including phenoxy) is 1. The first-order chi connectivity index (χ1) is 15.8. The molecule has 3 aliphatic heterocycles. The lowest BCUT2D eigenvalue weighted by atomic mass is 9.70. The summed E-state index contributed by atoms with van der Waals surface area (Å²) >= 11 is 0. The van der Waals surface area contributed by atoms with Gasteiger partial charge in [0.05, 0.1) is 24.9 Å². The van der Waals surface area contributed by atoms with E-state index in [2.05, 4.69) is 17.4 Å². The van der Waals surface area contributed by atoms with Gasteiger partial charge in [0.2, 0.25) is 5.91 Å². The van der Waals surface area contributed by atoms with Gasteiger partial charge in [-0.25, -0.2) is 4.79 Å². The molecule has 0 spiro atoms. The third kappa shape index (κ3) is 4.29. The Morgan fingerprint density at radius 2 is 1.88 bits per heavy atom. The molecule has 1 amide bonds. The molecule has 0 aliphatic carbocycles. The van der Waals surface area contributed by atoms with Crippen LogP contribution >= 0.6 is 0 Å². The summed E-state index contributed by atoms with van der Waals surface area (Å²) in [5.74, 6) is -0.923. The van der Waals surface area contributed by atoms with Crippen LogP contribution in [0, 0.1) is 0 Å². The number of aromatic carboxylic acids is 1. The third-order valence-electron chi connectivity index (χ3n) is 6.66. The number of likely N-dealkylation sites (tertiary alicyclic amines) is 1. The number of hydrogen-bond donors (Lipinski definition) is 4. The van der Waals surface area contributed by atoms with E-state index in [1.54, 1.807) is 17.0 Å². The van der Waals surface area contributed by atoms with Crippen LogP contribution in [-0.4, -0.2) is 70.5 Å². The van der Waals surface area contributed by atoms with Crippen molar-refractivity contribution in [3.05, 3.63) is 59.2 Å². The third-order valence-corrected chi connectivity index (χ3v) is 6.66. The molecular weight excluding hydrogens is 427 g/mol. The maximum Gasteiger partial charge on any atom is 0.430 e. The van der Waals surface area contributed by atoms with Gasteiger partial charge in [-0.05, 0) is 36.0 Å². The van der Waals surface area contributed by atoms with Crippen molar-refractivity contribution >= 4 is 18.6 Å². The molecule has 3 heterocycles. The highest BCUT2D eigenvalue weighted by molar-refractivity contribution is 6.59. The van der Waals surface area contributed by atoms with Crippen LogP contribution in [0.3, 0.4) is 0 Å². The standard InChI is InChI=1S/C23H26BN2O7/c27-22(18-10-16(11-25-18)14-4-2-1-3-5-14)26-12-17(13-26)32-19-7-6-15-8-9-24(30,31)33-21(15)20(19)23(28)29/h1-7,16-18,25,30-31H,8-13H2,(H,28,29)/q-1/t16-,18-/m0/s1. The summed E-state index contributed by atoms with van der Waals surface area (Å²) in [5, 5.41) is 32.7. The van der Waals surface area contributed by atoms with E-state index >= 15 is 0 Å². The Kier molecular flexibility index (Phi) is 5.51. The fourth-order valence-corrected chi connectivity index (χ4v) is 4.83. The van der Waals surface area contributed by atoms with E-state index in [-0.39, 0.29) is 41.4 Å². The lowest BCUT2D eigenvalue weighted by Gasteiger charge is -2.41. The number of amides is 1. The topological polar surface area (TPSA) is 129 Å². The minimum atomic E-state index is -3.10. The summed E-state index contributed by atoms with van der Waals surface area (Å²) in [4.78, 5) is 26.5. The van der Waals surface area contributed by atoms with Gasteiger partial charge in [0.1, 0.15) is 17.4 Å². The van der Waals surface area contributed by atoms with Crippen molar-refractivity contribution in [1.82, 2.24) is 10.2 Å². The molecule has 2 fully saturated rings. The van der Waals surface area contributed by atoms with E-state index in [0.29, 0.717) is 31.0 Å². The molecule has 4 N–H and O–H groups in total. The Bertz CT molecular complexity index is 1070. The van der Waals surface area contributed by atoms with Crippen LogP contribution < -0.4 is 14.7 Å². The van der Waals surface area contributed by atoms with Gasteiger partial charge in [0.15, 0.2) is 0 Å². The van der Waals surface area contributed by atoms with Crippen LogP contribution in [0.15, 0.2) is 42.5 Å². The smallest absolute Gasteiger partial charge is 0.430 e. The van der Waals surface area contributed by atoms with Gasteiger partial charge in [-0.2, -0.15) is 0 Å². The number of nitrogens with one attached hydrogen (secondary N) is 1. The van der Waals surface area contributed by atoms with Crippen molar-refractivity contribution < 1.29 is 34.1 Å². The fraction of sp³-hybridized carbons (Fsp3) is 0.391. The summed E-state index contributed by atoms with van der Waals surface area (Å²) in [6.07, 6.45) is 0.694. The predicted octanol–water partition coefficient (Wildman–Crippen LogP) is 0.978. The van der Waals surface area contributed by atoms with Crippen LogP contribution in [-0.2, 0) is 11.2 Å². The lowest BCUT2D eigenvalue weighted by Crippen LogP contribution is -2.59. The van der Waals surface area contributed by atoms with Gasteiger partial charge < -0.3 is 34.8 Å².